The summed E-state index contributed by atoms with van der Waals surface area (Å²) in [5.41, 5.74) is 1.99. The van der Waals surface area contributed by atoms with Crippen molar-refractivity contribution < 1.29 is 9.84 Å². The molecule has 0 spiro atoms. The van der Waals surface area contributed by atoms with E-state index in [1.807, 2.05) is 32.0 Å². The number of rotatable bonds is 4. The summed E-state index contributed by atoms with van der Waals surface area (Å²) in [7, 11) is 0. The number of aromatic nitrogens is 3. The van der Waals surface area contributed by atoms with Gasteiger partial charge in [0.05, 0.1) is 34.0 Å². The Morgan fingerprint density at radius 1 is 1.29 bits per heavy atom. The van der Waals surface area contributed by atoms with Gasteiger partial charge in [-0.05, 0) is 67.4 Å². The van der Waals surface area contributed by atoms with Crippen molar-refractivity contribution >= 4 is 26.8 Å². The number of hydrogen-bond acceptors (Lipinski definition) is 4. The summed E-state index contributed by atoms with van der Waals surface area (Å²) < 4.78 is 8.72. The summed E-state index contributed by atoms with van der Waals surface area (Å²) in [6.07, 6.45) is 3.56. The van der Waals surface area contributed by atoms with Gasteiger partial charge < -0.3 is 9.84 Å². The molecule has 0 atom stereocenters. The summed E-state index contributed by atoms with van der Waals surface area (Å²) in [5.74, 6) is 1.48. The van der Waals surface area contributed by atoms with Crippen LogP contribution in [0.5, 0.6) is 11.5 Å². The average Bonchev–Trinajstić information content (AvgIpc) is 2.83. The lowest BCUT2D eigenvalue weighted by Gasteiger charge is -2.18. The lowest BCUT2D eigenvalue weighted by Crippen LogP contribution is -2.26. The zero-order valence-corrected chi connectivity index (χ0v) is 15.8. The van der Waals surface area contributed by atoms with Crippen LogP contribution in [-0.2, 0) is 6.54 Å². The Bertz CT molecular complexity index is 877. The van der Waals surface area contributed by atoms with Crippen LogP contribution in [0.2, 0.25) is 0 Å². The molecule has 1 N–H and O–H groups in total. The first-order chi connectivity index (χ1) is 11.2. The molecule has 6 heteroatoms. The van der Waals surface area contributed by atoms with Crippen molar-refractivity contribution in [3.63, 3.8) is 0 Å². The van der Waals surface area contributed by atoms with Crippen LogP contribution in [-0.4, -0.2) is 25.5 Å². The molecular weight excluding hydrogens is 370 g/mol. The second kappa shape index (κ2) is 6.18. The first-order valence-corrected chi connectivity index (χ1v) is 8.51. The van der Waals surface area contributed by atoms with Crippen LogP contribution >= 0.6 is 15.9 Å². The van der Waals surface area contributed by atoms with Crippen molar-refractivity contribution in [3.05, 3.63) is 46.3 Å². The molecule has 2 heterocycles. The summed E-state index contributed by atoms with van der Waals surface area (Å²) in [6, 6.07) is 5.83. The van der Waals surface area contributed by atoms with E-state index in [2.05, 4.69) is 26.0 Å². The Labute approximate surface area is 149 Å². The van der Waals surface area contributed by atoms with E-state index < -0.39 is 5.60 Å². The van der Waals surface area contributed by atoms with E-state index in [-0.39, 0.29) is 0 Å². The van der Waals surface area contributed by atoms with Crippen molar-refractivity contribution in [1.29, 1.82) is 0 Å². The first-order valence-electron chi connectivity index (χ1n) is 7.72. The van der Waals surface area contributed by atoms with Crippen molar-refractivity contribution in [3.8, 4) is 11.5 Å². The molecule has 0 aliphatic carbocycles. The van der Waals surface area contributed by atoms with Crippen molar-refractivity contribution in [2.24, 2.45) is 0 Å². The van der Waals surface area contributed by atoms with Crippen LogP contribution in [0.1, 0.15) is 25.1 Å². The normalized spacial score (nSPS) is 11.9. The van der Waals surface area contributed by atoms with Gasteiger partial charge in [0.25, 0.3) is 0 Å². The van der Waals surface area contributed by atoms with E-state index in [0.717, 1.165) is 32.4 Å². The number of hydrogen-bond donors (Lipinski definition) is 1. The highest BCUT2D eigenvalue weighted by molar-refractivity contribution is 9.10. The zero-order valence-electron chi connectivity index (χ0n) is 14.2. The standard InChI is InChI=1S/C18H20BrN3O2/c1-11-5-6-20-12(2)17(11)24-16-7-13-9-21-22(10-18(3,4)23)15(13)8-14(16)19/h5-9,23H,10H2,1-4H3. The maximum absolute atomic E-state index is 10.0. The highest BCUT2D eigenvalue weighted by Gasteiger charge is 2.17. The molecule has 0 saturated carbocycles. The highest BCUT2D eigenvalue weighted by Crippen LogP contribution is 2.36. The number of benzene rings is 1. The fourth-order valence-electron chi connectivity index (χ4n) is 2.60. The monoisotopic (exact) mass is 389 g/mol. The molecule has 3 aromatic rings. The maximum atomic E-state index is 10.0. The largest absolute Gasteiger partial charge is 0.454 e. The Hall–Kier alpha value is -1.92. The molecule has 0 aliphatic rings. The maximum Gasteiger partial charge on any atom is 0.151 e. The van der Waals surface area contributed by atoms with Gasteiger partial charge in [0.2, 0.25) is 0 Å². The Morgan fingerprint density at radius 3 is 2.71 bits per heavy atom. The number of halogens is 1. The molecule has 0 unspecified atom stereocenters. The van der Waals surface area contributed by atoms with E-state index in [4.69, 9.17) is 4.74 Å². The van der Waals surface area contributed by atoms with E-state index in [1.165, 1.54) is 0 Å². The number of ether oxygens (including phenoxy) is 1. The van der Waals surface area contributed by atoms with Crippen molar-refractivity contribution in [1.82, 2.24) is 14.8 Å². The molecule has 0 amide bonds. The molecule has 5 nitrogen and oxygen atoms in total. The third kappa shape index (κ3) is 3.44. The van der Waals surface area contributed by atoms with Gasteiger partial charge in [0.1, 0.15) is 5.75 Å². The second-order valence-electron chi connectivity index (χ2n) is 6.60. The van der Waals surface area contributed by atoms with Crippen LogP contribution in [0.4, 0.5) is 0 Å². The predicted octanol–water partition coefficient (Wildman–Crippen LogP) is 4.37. The highest BCUT2D eigenvalue weighted by atomic mass is 79.9. The van der Waals surface area contributed by atoms with E-state index in [0.29, 0.717) is 12.3 Å². The topological polar surface area (TPSA) is 60.2 Å². The Balaban J connectivity index is 2.00. The molecule has 24 heavy (non-hydrogen) atoms. The van der Waals surface area contributed by atoms with E-state index in [9.17, 15) is 5.11 Å². The summed E-state index contributed by atoms with van der Waals surface area (Å²) in [4.78, 5) is 4.29. The van der Waals surface area contributed by atoms with Gasteiger partial charge in [-0.15, -0.1) is 0 Å². The SMILES string of the molecule is Cc1ccnc(C)c1Oc1cc2cnn(CC(C)(C)O)c2cc1Br. The lowest BCUT2D eigenvalue weighted by atomic mass is 10.1. The molecule has 1 aromatic carbocycles. The third-order valence-electron chi connectivity index (χ3n) is 3.72. The van der Waals surface area contributed by atoms with Crippen LogP contribution in [0, 0.1) is 13.8 Å². The first kappa shape index (κ1) is 16.9. The van der Waals surface area contributed by atoms with Crippen molar-refractivity contribution in [2.45, 2.75) is 39.8 Å². The van der Waals surface area contributed by atoms with Crippen LogP contribution in [0.3, 0.4) is 0 Å². The van der Waals surface area contributed by atoms with Crippen LogP contribution in [0.15, 0.2) is 35.1 Å². The smallest absolute Gasteiger partial charge is 0.151 e. The van der Waals surface area contributed by atoms with E-state index in [1.54, 1.807) is 30.9 Å². The quantitative estimate of drug-likeness (QED) is 0.719. The minimum Gasteiger partial charge on any atom is -0.454 e. The summed E-state index contributed by atoms with van der Waals surface area (Å²) in [6.45, 7) is 7.87. The second-order valence-corrected chi connectivity index (χ2v) is 7.45. The van der Waals surface area contributed by atoms with Crippen LogP contribution in [0.25, 0.3) is 10.9 Å². The predicted molar refractivity (Wildman–Crippen MR) is 97.5 cm³/mol. The molecule has 3 rings (SSSR count). The van der Waals surface area contributed by atoms with Gasteiger partial charge in [-0.25, -0.2) is 0 Å². The Kier molecular flexibility index (Phi) is 4.36. The average molecular weight is 390 g/mol. The fraction of sp³-hybridized carbons (Fsp3) is 0.333. The fourth-order valence-corrected chi connectivity index (χ4v) is 3.01. The third-order valence-corrected chi connectivity index (χ3v) is 4.34. The van der Waals surface area contributed by atoms with Gasteiger partial charge in [0, 0.05) is 11.6 Å². The molecule has 0 radical (unpaired) electrons. The molecule has 0 bridgehead atoms. The van der Waals surface area contributed by atoms with Crippen molar-refractivity contribution in [2.75, 3.05) is 0 Å². The molecular formula is C18H20BrN3O2. The molecule has 126 valence electrons. The van der Waals surface area contributed by atoms with Gasteiger partial charge in [-0.3, -0.25) is 9.67 Å². The number of pyridine rings is 1. The minimum atomic E-state index is -0.829. The van der Waals surface area contributed by atoms with Gasteiger partial charge >= 0.3 is 0 Å². The number of aryl methyl sites for hydroxylation is 2. The van der Waals surface area contributed by atoms with Gasteiger partial charge in [-0.1, -0.05) is 0 Å². The number of nitrogens with zero attached hydrogens (tertiary/aromatic N) is 3. The zero-order chi connectivity index (χ0) is 17.5. The van der Waals surface area contributed by atoms with Gasteiger partial charge in [0.15, 0.2) is 5.75 Å². The Morgan fingerprint density at radius 2 is 2.04 bits per heavy atom. The van der Waals surface area contributed by atoms with Gasteiger partial charge in [-0.2, -0.15) is 5.10 Å². The summed E-state index contributed by atoms with van der Waals surface area (Å²) >= 11 is 3.57. The molecule has 0 saturated heterocycles. The number of fused-ring (bicyclic) bond motifs is 1. The molecule has 0 fully saturated rings. The number of aliphatic hydroxyl groups is 1. The van der Waals surface area contributed by atoms with Crippen LogP contribution < -0.4 is 4.74 Å². The summed E-state index contributed by atoms with van der Waals surface area (Å²) in [5, 5.41) is 15.4. The minimum absolute atomic E-state index is 0.421. The molecule has 0 aliphatic heterocycles. The molecule has 2 aromatic heterocycles. The van der Waals surface area contributed by atoms with E-state index >= 15 is 0 Å². The lowest BCUT2D eigenvalue weighted by molar-refractivity contribution is 0.0591.